The maximum atomic E-state index is 13.0. The molecule has 31 heavy (non-hydrogen) atoms. The zero-order chi connectivity index (χ0) is 23.0. The van der Waals surface area contributed by atoms with E-state index in [1.165, 1.54) is 0 Å². The maximum Gasteiger partial charge on any atom is 0.423 e. The number of terminal acetylenes is 1. The summed E-state index contributed by atoms with van der Waals surface area (Å²) in [6, 6.07) is 0. The minimum atomic E-state index is -4.96. The molecule has 1 aliphatic rings. The molecule has 0 spiro atoms. The zero-order valence-electron chi connectivity index (χ0n) is 16.9. The average Bonchev–Trinajstić information content (AvgIpc) is 3.09. The number of hydrogen-bond acceptors (Lipinski definition) is 6. The molecule has 1 fully saturated rings. The zero-order valence-corrected chi connectivity index (χ0v) is 16.9. The van der Waals surface area contributed by atoms with Gasteiger partial charge >= 0.3 is 18.0 Å². The van der Waals surface area contributed by atoms with Gasteiger partial charge in [0.25, 0.3) is 5.56 Å². The van der Waals surface area contributed by atoms with Crippen LogP contribution in [0.5, 0.6) is 0 Å². The van der Waals surface area contributed by atoms with Crippen molar-refractivity contribution in [1.29, 1.82) is 0 Å². The first-order chi connectivity index (χ1) is 14.7. The molecule has 1 aromatic heterocycles. The summed E-state index contributed by atoms with van der Waals surface area (Å²) in [5.41, 5.74) is -4.16. The molecule has 2 heterocycles. The van der Waals surface area contributed by atoms with Crippen molar-refractivity contribution < 1.29 is 32.2 Å². The van der Waals surface area contributed by atoms with Gasteiger partial charge in [-0.25, -0.2) is 9.59 Å². The molecule has 1 amide bonds. The SMILES string of the molecule is C#CCO[C@H]1C[C@H](n2cc(C(F)(F)F)c(=O)[nH]c2=O)O[C@@H]1COC(=O)NCCCCC. The second-order valence-corrected chi connectivity index (χ2v) is 6.86. The number of carbonyl (C=O) groups is 1. The summed E-state index contributed by atoms with van der Waals surface area (Å²) in [6.07, 6.45) is -0.200. The normalized spacial score (nSPS) is 20.9. The van der Waals surface area contributed by atoms with Crippen molar-refractivity contribution in [3.63, 3.8) is 0 Å². The van der Waals surface area contributed by atoms with Gasteiger partial charge in [-0.1, -0.05) is 25.7 Å². The van der Waals surface area contributed by atoms with E-state index in [-0.39, 0.29) is 19.6 Å². The highest BCUT2D eigenvalue weighted by Crippen LogP contribution is 2.32. The maximum absolute atomic E-state index is 13.0. The highest BCUT2D eigenvalue weighted by molar-refractivity contribution is 5.67. The molecule has 0 radical (unpaired) electrons. The lowest BCUT2D eigenvalue weighted by Crippen LogP contribution is -2.36. The van der Waals surface area contributed by atoms with Crippen molar-refractivity contribution in [2.24, 2.45) is 0 Å². The standard InChI is InChI=1S/C19H24F3N3O6/c1-3-5-6-7-23-18(28)30-11-14-13(29-8-4-2)9-15(31-14)25-10-12(19(20,21)22)16(26)24-17(25)27/h2,10,13-15H,3,5-9,11H2,1H3,(H,23,28)(H,24,26,27)/t13-,14+,15+/m0/s1. The van der Waals surface area contributed by atoms with Gasteiger partial charge in [0.05, 0.1) is 6.10 Å². The Morgan fingerprint density at radius 2 is 2.16 bits per heavy atom. The summed E-state index contributed by atoms with van der Waals surface area (Å²) >= 11 is 0. The molecule has 12 heteroatoms. The van der Waals surface area contributed by atoms with E-state index in [0.29, 0.717) is 17.3 Å². The predicted molar refractivity (Wildman–Crippen MR) is 102 cm³/mol. The van der Waals surface area contributed by atoms with Gasteiger partial charge in [0.15, 0.2) is 0 Å². The number of nitrogens with zero attached hydrogens (tertiary/aromatic N) is 1. The molecule has 172 valence electrons. The second-order valence-electron chi connectivity index (χ2n) is 6.86. The number of halogens is 3. The van der Waals surface area contributed by atoms with Crippen LogP contribution >= 0.6 is 0 Å². The van der Waals surface area contributed by atoms with Gasteiger partial charge in [0.2, 0.25) is 0 Å². The van der Waals surface area contributed by atoms with Crippen molar-refractivity contribution in [3.8, 4) is 12.3 Å². The number of aromatic nitrogens is 2. The van der Waals surface area contributed by atoms with Gasteiger partial charge in [-0.05, 0) is 6.42 Å². The number of amides is 1. The number of nitrogens with one attached hydrogen (secondary N) is 2. The van der Waals surface area contributed by atoms with Gasteiger partial charge < -0.3 is 19.5 Å². The van der Waals surface area contributed by atoms with Crippen LogP contribution in [0.3, 0.4) is 0 Å². The van der Waals surface area contributed by atoms with Gasteiger partial charge in [-0.15, -0.1) is 6.42 Å². The third-order valence-electron chi connectivity index (χ3n) is 4.57. The summed E-state index contributed by atoms with van der Waals surface area (Å²) < 4.78 is 55.9. The van der Waals surface area contributed by atoms with E-state index in [4.69, 9.17) is 20.6 Å². The molecule has 1 saturated heterocycles. The monoisotopic (exact) mass is 447 g/mol. The number of H-pyrrole nitrogens is 1. The summed E-state index contributed by atoms with van der Waals surface area (Å²) in [5, 5.41) is 2.57. The quantitative estimate of drug-likeness (QED) is 0.441. The second kappa shape index (κ2) is 11.0. The van der Waals surface area contributed by atoms with E-state index < -0.39 is 47.5 Å². The van der Waals surface area contributed by atoms with Gasteiger partial charge in [-0.2, -0.15) is 13.2 Å². The Labute approximate surface area is 175 Å². The van der Waals surface area contributed by atoms with E-state index in [1.807, 2.05) is 6.92 Å². The molecule has 1 aromatic rings. The molecular formula is C19H24F3N3O6. The third-order valence-corrected chi connectivity index (χ3v) is 4.57. The first kappa shape index (κ1) is 24.5. The van der Waals surface area contributed by atoms with Crippen molar-refractivity contribution >= 4 is 6.09 Å². The number of unbranched alkanes of at least 4 members (excludes halogenated alkanes) is 2. The molecule has 1 aliphatic heterocycles. The summed E-state index contributed by atoms with van der Waals surface area (Å²) in [6.45, 7) is 2.07. The molecule has 9 nitrogen and oxygen atoms in total. The Hall–Kier alpha value is -2.78. The number of alkyl halides is 3. The lowest BCUT2D eigenvalue weighted by Gasteiger charge is -2.18. The van der Waals surface area contributed by atoms with E-state index in [2.05, 4.69) is 11.2 Å². The minimum Gasteiger partial charge on any atom is -0.447 e. The Balaban J connectivity index is 2.11. The Morgan fingerprint density at radius 1 is 1.42 bits per heavy atom. The van der Waals surface area contributed by atoms with Gasteiger partial charge in [0.1, 0.15) is 31.1 Å². The van der Waals surface area contributed by atoms with Gasteiger partial charge in [0, 0.05) is 19.2 Å². The first-order valence-corrected chi connectivity index (χ1v) is 9.71. The number of alkyl carbamates (subject to hydrolysis) is 1. The molecule has 2 N–H and O–H groups in total. The fourth-order valence-corrected chi connectivity index (χ4v) is 3.03. The number of hydrogen-bond donors (Lipinski definition) is 2. The molecule has 0 aromatic carbocycles. The fraction of sp³-hybridized carbons (Fsp3) is 0.632. The molecule has 0 unspecified atom stereocenters. The predicted octanol–water partition coefficient (Wildman–Crippen LogP) is 1.78. The van der Waals surface area contributed by atoms with Crippen LogP contribution in [0.2, 0.25) is 0 Å². The van der Waals surface area contributed by atoms with E-state index >= 15 is 0 Å². The fourth-order valence-electron chi connectivity index (χ4n) is 3.03. The molecule has 2 rings (SSSR count). The molecule has 0 bridgehead atoms. The van der Waals surface area contributed by atoms with Crippen molar-refractivity contribution in [2.45, 2.75) is 57.2 Å². The van der Waals surface area contributed by atoms with Crippen LogP contribution in [0.15, 0.2) is 15.8 Å². The van der Waals surface area contributed by atoms with Crippen LogP contribution in [-0.2, 0) is 20.4 Å². The molecular weight excluding hydrogens is 423 g/mol. The first-order valence-electron chi connectivity index (χ1n) is 9.71. The smallest absolute Gasteiger partial charge is 0.423 e. The van der Waals surface area contributed by atoms with E-state index in [0.717, 1.165) is 19.3 Å². The van der Waals surface area contributed by atoms with Crippen LogP contribution in [0.4, 0.5) is 18.0 Å². The summed E-state index contributed by atoms with van der Waals surface area (Å²) in [5.74, 6) is 2.26. The molecule has 0 saturated carbocycles. The highest BCUT2D eigenvalue weighted by atomic mass is 19.4. The van der Waals surface area contributed by atoms with Gasteiger partial charge in [-0.3, -0.25) is 14.3 Å². The number of aromatic amines is 1. The lowest BCUT2D eigenvalue weighted by atomic mass is 10.2. The lowest BCUT2D eigenvalue weighted by molar-refractivity contribution is -0.139. The van der Waals surface area contributed by atoms with E-state index in [9.17, 15) is 27.6 Å². The number of rotatable bonds is 9. The summed E-state index contributed by atoms with van der Waals surface area (Å²) in [4.78, 5) is 37.0. The van der Waals surface area contributed by atoms with Crippen LogP contribution in [0, 0.1) is 12.3 Å². The topological polar surface area (TPSA) is 112 Å². The van der Waals surface area contributed by atoms with Crippen LogP contribution < -0.4 is 16.6 Å². The number of ether oxygens (including phenoxy) is 3. The van der Waals surface area contributed by atoms with Crippen LogP contribution in [-0.4, -0.2) is 47.6 Å². The highest BCUT2D eigenvalue weighted by Gasteiger charge is 2.40. The van der Waals surface area contributed by atoms with Crippen LogP contribution in [0.1, 0.15) is 44.4 Å². The summed E-state index contributed by atoms with van der Waals surface area (Å²) in [7, 11) is 0. The Morgan fingerprint density at radius 3 is 2.81 bits per heavy atom. The van der Waals surface area contributed by atoms with Crippen molar-refractivity contribution in [3.05, 3.63) is 32.6 Å². The largest absolute Gasteiger partial charge is 0.447 e. The molecule has 3 atom stereocenters. The number of carbonyl (C=O) groups excluding carboxylic acids is 1. The van der Waals surface area contributed by atoms with Crippen molar-refractivity contribution in [1.82, 2.24) is 14.9 Å². The Bertz CT molecular complexity index is 905. The van der Waals surface area contributed by atoms with E-state index in [1.54, 1.807) is 4.98 Å². The Kier molecular flexibility index (Phi) is 8.70. The minimum absolute atomic E-state index is 0.0446. The van der Waals surface area contributed by atoms with Crippen molar-refractivity contribution in [2.75, 3.05) is 19.8 Å². The third kappa shape index (κ3) is 6.86. The van der Waals surface area contributed by atoms with Crippen LogP contribution in [0.25, 0.3) is 0 Å². The molecule has 0 aliphatic carbocycles. The average molecular weight is 447 g/mol.